The highest BCUT2D eigenvalue weighted by Gasteiger charge is 2.23. The van der Waals surface area contributed by atoms with Crippen LogP contribution < -0.4 is 10.2 Å². The Balaban J connectivity index is 1.65. The summed E-state index contributed by atoms with van der Waals surface area (Å²) in [6, 6.07) is 7.46. The average Bonchev–Trinajstić information content (AvgIpc) is 3.01. The third-order valence-electron chi connectivity index (χ3n) is 4.01. The molecule has 1 amide bonds. The average molecular weight is 310 g/mol. The molecule has 0 radical (unpaired) electrons. The van der Waals surface area contributed by atoms with Gasteiger partial charge in [0.25, 0.3) is 5.91 Å². The quantitative estimate of drug-likeness (QED) is 0.917. The van der Waals surface area contributed by atoms with Gasteiger partial charge in [0, 0.05) is 38.6 Å². The molecule has 1 N–H and O–H groups in total. The standard InChI is InChI=1S/C16H18N6O/c1-21-14(6-7-19-21)16(23)20-13-3-2-8-22(11-13)15-5-4-12(9-17)10-18-15/h4-7,10,13H,2-3,8,11H2,1H3,(H,20,23). The van der Waals surface area contributed by atoms with E-state index in [0.29, 0.717) is 17.8 Å². The van der Waals surface area contributed by atoms with Crippen LogP contribution in [0.15, 0.2) is 30.6 Å². The fourth-order valence-corrected chi connectivity index (χ4v) is 2.80. The Morgan fingerprint density at radius 2 is 2.30 bits per heavy atom. The number of anilines is 1. The number of nitrogens with zero attached hydrogens (tertiary/aromatic N) is 5. The van der Waals surface area contributed by atoms with Gasteiger partial charge >= 0.3 is 0 Å². The van der Waals surface area contributed by atoms with Crippen LogP contribution in [0, 0.1) is 11.3 Å². The van der Waals surface area contributed by atoms with E-state index in [4.69, 9.17) is 5.26 Å². The summed E-state index contributed by atoms with van der Waals surface area (Å²) in [6.07, 6.45) is 5.12. The molecular formula is C16H18N6O. The van der Waals surface area contributed by atoms with Crippen molar-refractivity contribution < 1.29 is 4.79 Å². The highest BCUT2D eigenvalue weighted by molar-refractivity contribution is 5.92. The number of aryl methyl sites for hydroxylation is 1. The molecule has 1 unspecified atom stereocenters. The van der Waals surface area contributed by atoms with Crippen LogP contribution in [0.25, 0.3) is 0 Å². The van der Waals surface area contributed by atoms with Gasteiger partial charge in [-0.3, -0.25) is 9.48 Å². The first-order valence-corrected chi connectivity index (χ1v) is 7.57. The molecule has 1 aliphatic heterocycles. The summed E-state index contributed by atoms with van der Waals surface area (Å²) in [5.41, 5.74) is 1.10. The zero-order chi connectivity index (χ0) is 16.2. The third-order valence-corrected chi connectivity index (χ3v) is 4.01. The molecule has 2 aromatic rings. The van der Waals surface area contributed by atoms with Gasteiger partial charge in [0.1, 0.15) is 17.6 Å². The molecule has 0 aromatic carbocycles. The van der Waals surface area contributed by atoms with E-state index in [9.17, 15) is 4.79 Å². The highest BCUT2D eigenvalue weighted by atomic mass is 16.2. The predicted molar refractivity (Wildman–Crippen MR) is 84.9 cm³/mol. The second kappa shape index (κ2) is 6.48. The SMILES string of the molecule is Cn1nccc1C(=O)NC1CCCN(c2ccc(C#N)cn2)C1. The van der Waals surface area contributed by atoms with Gasteiger partial charge < -0.3 is 10.2 Å². The molecule has 7 heteroatoms. The monoisotopic (exact) mass is 310 g/mol. The normalized spacial score (nSPS) is 17.6. The molecule has 1 fully saturated rings. The summed E-state index contributed by atoms with van der Waals surface area (Å²) >= 11 is 0. The van der Waals surface area contributed by atoms with Crippen molar-refractivity contribution >= 4 is 11.7 Å². The van der Waals surface area contributed by atoms with Crippen molar-refractivity contribution in [1.29, 1.82) is 5.26 Å². The topological polar surface area (TPSA) is 86.8 Å². The molecule has 1 saturated heterocycles. The molecule has 0 bridgehead atoms. The molecule has 3 heterocycles. The number of hydrogen-bond acceptors (Lipinski definition) is 5. The predicted octanol–water partition coefficient (Wildman–Crippen LogP) is 1.09. The van der Waals surface area contributed by atoms with E-state index in [2.05, 4.69) is 26.4 Å². The minimum absolute atomic E-state index is 0.0728. The summed E-state index contributed by atoms with van der Waals surface area (Å²) in [6.45, 7) is 1.61. The van der Waals surface area contributed by atoms with E-state index >= 15 is 0 Å². The number of amides is 1. The van der Waals surface area contributed by atoms with Gasteiger partial charge in [-0.1, -0.05) is 0 Å². The minimum atomic E-state index is -0.107. The Morgan fingerprint density at radius 3 is 2.96 bits per heavy atom. The maximum Gasteiger partial charge on any atom is 0.269 e. The zero-order valence-electron chi connectivity index (χ0n) is 12.9. The molecule has 1 aliphatic rings. The Kier molecular flexibility index (Phi) is 4.24. The molecule has 7 nitrogen and oxygen atoms in total. The number of nitrogens with one attached hydrogen (secondary N) is 1. The zero-order valence-corrected chi connectivity index (χ0v) is 12.9. The molecule has 0 saturated carbocycles. The summed E-state index contributed by atoms with van der Waals surface area (Å²) in [7, 11) is 1.75. The molecule has 0 spiro atoms. The Hall–Kier alpha value is -2.88. The number of aromatic nitrogens is 3. The molecular weight excluding hydrogens is 292 g/mol. The summed E-state index contributed by atoms with van der Waals surface area (Å²) in [5, 5.41) is 15.9. The van der Waals surface area contributed by atoms with Gasteiger partial charge in [-0.2, -0.15) is 10.4 Å². The first-order valence-electron chi connectivity index (χ1n) is 7.57. The van der Waals surface area contributed by atoms with Gasteiger partial charge in [-0.25, -0.2) is 4.98 Å². The maximum atomic E-state index is 12.3. The summed E-state index contributed by atoms with van der Waals surface area (Å²) in [5.74, 6) is 0.730. The van der Waals surface area contributed by atoms with Crippen LogP contribution in [0.3, 0.4) is 0 Å². The van der Waals surface area contributed by atoms with Crippen molar-refractivity contribution in [3.05, 3.63) is 41.9 Å². The van der Waals surface area contributed by atoms with Crippen LogP contribution in [0.2, 0.25) is 0 Å². The number of piperidine rings is 1. The van der Waals surface area contributed by atoms with Crippen molar-refractivity contribution in [2.45, 2.75) is 18.9 Å². The molecule has 23 heavy (non-hydrogen) atoms. The number of carbonyl (C=O) groups excluding carboxylic acids is 1. The van der Waals surface area contributed by atoms with Crippen molar-refractivity contribution in [2.75, 3.05) is 18.0 Å². The number of nitriles is 1. The Bertz CT molecular complexity index is 730. The van der Waals surface area contributed by atoms with E-state index < -0.39 is 0 Å². The third kappa shape index (κ3) is 3.31. The second-order valence-electron chi connectivity index (χ2n) is 5.62. The molecule has 2 aromatic heterocycles. The molecule has 3 rings (SSSR count). The van der Waals surface area contributed by atoms with Crippen LogP contribution in [-0.2, 0) is 7.05 Å². The molecule has 118 valence electrons. The number of carbonyl (C=O) groups is 1. The van der Waals surface area contributed by atoms with Gasteiger partial charge in [-0.15, -0.1) is 0 Å². The lowest BCUT2D eigenvalue weighted by atomic mass is 10.1. The van der Waals surface area contributed by atoms with Crippen molar-refractivity contribution in [1.82, 2.24) is 20.1 Å². The van der Waals surface area contributed by atoms with Crippen LogP contribution >= 0.6 is 0 Å². The van der Waals surface area contributed by atoms with Crippen molar-refractivity contribution in [3.63, 3.8) is 0 Å². The van der Waals surface area contributed by atoms with Gasteiger partial charge in [0.2, 0.25) is 0 Å². The lowest BCUT2D eigenvalue weighted by Crippen LogP contribution is -2.48. The fourth-order valence-electron chi connectivity index (χ4n) is 2.80. The van der Waals surface area contributed by atoms with E-state index in [1.165, 1.54) is 0 Å². The first kappa shape index (κ1) is 15.0. The van der Waals surface area contributed by atoms with E-state index in [1.807, 2.05) is 6.07 Å². The maximum absolute atomic E-state index is 12.3. The smallest absolute Gasteiger partial charge is 0.269 e. The lowest BCUT2D eigenvalue weighted by molar-refractivity contribution is 0.0923. The van der Waals surface area contributed by atoms with E-state index in [1.54, 1.807) is 36.3 Å². The largest absolute Gasteiger partial charge is 0.355 e. The van der Waals surface area contributed by atoms with Gasteiger partial charge in [-0.05, 0) is 31.0 Å². The fraction of sp³-hybridized carbons (Fsp3) is 0.375. The van der Waals surface area contributed by atoms with Gasteiger partial charge in [0.15, 0.2) is 0 Å². The van der Waals surface area contributed by atoms with Crippen LogP contribution in [-0.4, -0.2) is 39.8 Å². The molecule has 0 aliphatic carbocycles. The minimum Gasteiger partial charge on any atom is -0.355 e. The lowest BCUT2D eigenvalue weighted by Gasteiger charge is -2.33. The summed E-state index contributed by atoms with van der Waals surface area (Å²) in [4.78, 5) is 18.7. The van der Waals surface area contributed by atoms with E-state index in [0.717, 1.165) is 25.2 Å². The van der Waals surface area contributed by atoms with Crippen molar-refractivity contribution in [3.8, 4) is 6.07 Å². The number of hydrogen-bond donors (Lipinski definition) is 1. The van der Waals surface area contributed by atoms with Gasteiger partial charge in [0.05, 0.1) is 5.56 Å². The van der Waals surface area contributed by atoms with Crippen molar-refractivity contribution in [2.24, 2.45) is 7.05 Å². The molecule has 1 atom stereocenters. The van der Waals surface area contributed by atoms with E-state index in [-0.39, 0.29) is 11.9 Å². The second-order valence-corrected chi connectivity index (χ2v) is 5.62. The summed E-state index contributed by atoms with van der Waals surface area (Å²) < 4.78 is 1.57. The van der Waals surface area contributed by atoms with Crippen LogP contribution in [0.1, 0.15) is 28.9 Å². The Labute approximate surface area is 134 Å². The number of rotatable bonds is 3. The van der Waals surface area contributed by atoms with Crippen LogP contribution in [0.5, 0.6) is 0 Å². The van der Waals surface area contributed by atoms with Crippen LogP contribution in [0.4, 0.5) is 5.82 Å². The first-order chi connectivity index (χ1) is 11.2. The Morgan fingerprint density at radius 1 is 1.43 bits per heavy atom. The highest BCUT2D eigenvalue weighted by Crippen LogP contribution is 2.18. The number of pyridine rings is 1.